The van der Waals surface area contributed by atoms with Crippen LogP contribution in [0.5, 0.6) is 0 Å². The van der Waals surface area contributed by atoms with Gasteiger partial charge >= 0.3 is 0 Å². The van der Waals surface area contributed by atoms with Gasteiger partial charge < -0.3 is 0 Å². The summed E-state index contributed by atoms with van der Waals surface area (Å²) in [6.07, 6.45) is 5.12. The van der Waals surface area contributed by atoms with E-state index >= 15 is 0 Å². The minimum atomic E-state index is 0.203. The Hall–Kier alpha value is -1.40. The molecule has 0 aliphatic heterocycles. The molecule has 0 saturated carbocycles. The van der Waals surface area contributed by atoms with Crippen LogP contribution < -0.4 is 5.32 Å². The first kappa shape index (κ1) is 9.69. The lowest BCUT2D eigenvalue weighted by Crippen LogP contribution is -2.19. The molecule has 0 aliphatic carbocycles. The number of hydrogen-bond donors (Lipinski definition) is 1. The molecule has 1 N–H and O–H groups in total. The first-order valence-electron chi connectivity index (χ1n) is 4.23. The molecular formula is C10H13N3. The predicted molar refractivity (Wildman–Crippen MR) is 51.9 cm³/mol. The van der Waals surface area contributed by atoms with E-state index in [0.29, 0.717) is 6.54 Å². The van der Waals surface area contributed by atoms with Crippen LogP contribution in [0.1, 0.15) is 25.6 Å². The van der Waals surface area contributed by atoms with Gasteiger partial charge in [0.05, 0.1) is 12.2 Å². The van der Waals surface area contributed by atoms with Crippen molar-refractivity contribution in [1.29, 1.82) is 0 Å². The highest BCUT2D eigenvalue weighted by Gasteiger charge is 2.03. The topological polar surface area (TPSA) is 37.8 Å². The molecule has 0 fully saturated rings. The summed E-state index contributed by atoms with van der Waals surface area (Å²) >= 11 is 0. The zero-order valence-electron chi connectivity index (χ0n) is 7.91. The summed E-state index contributed by atoms with van der Waals surface area (Å²) in [6.45, 7) is 4.56. The Morgan fingerprint density at radius 1 is 1.54 bits per heavy atom. The molecular weight excluding hydrogens is 162 g/mol. The lowest BCUT2D eigenvalue weighted by molar-refractivity contribution is 0.603. The van der Waals surface area contributed by atoms with Crippen molar-refractivity contribution < 1.29 is 0 Å². The van der Waals surface area contributed by atoms with E-state index in [9.17, 15) is 0 Å². The Kier molecular flexibility index (Phi) is 3.94. The normalized spacial score (nSPS) is 11.5. The molecule has 13 heavy (non-hydrogen) atoms. The minimum Gasteiger partial charge on any atom is -0.298 e. The zero-order chi connectivity index (χ0) is 9.52. The molecule has 3 heteroatoms. The van der Waals surface area contributed by atoms with E-state index in [-0.39, 0.29) is 6.04 Å². The molecule has 1 aromatic rings. The maximum absolute atomic E-state index is 4.18. The Bertz CT molecular complexity index is 297. The molecule has 0 amide bonds. The van der Waals surface area contributed by atoms with Crippen LogP contribution in [0, 0.1) is 11.8 Å². The minimum absolute atomic E-state index is 0.203. The fourth-order valence-electron chi connectivity index (χ4n) is 0.931. The molecule has 1 heterocycles. The van der Waals surface area contributed by atoms with Gasteiger partial charge in [-0.3, -0.25) is 15.3 Å². The van der Waals surface area contributed by atoms with E-state index < -0.39 is 0 Å². The second kappa shape index (κ2) is 5.28. The summed E-state index contributed by atoms with van der Waals surface area (Å²) < 4.78 is 0. The van der Waals surface area contributed by atoms with Crippen molar-refractivity contribution in [3.63, 3.8) is 0 Å². The standard InChI is InChI=1S/C10H13N3/c1-3-4-5-12-9(2)10-8-11-6-7-13-10/h6-9,12H,5H2,1-2H3. The molecule has 1 atom stereocenters. The quantitative estimate of drug-likeness (QED) is 0.700. The smallest absolute Gasteiger partial charge is 0.0753 e. The molecule has 3 nitrogen and oxygen atoms in total. The van der Waals surface area contributed by atoms with E-state index in [2.05, 4.69) is 27.1 Å². The first-order chi connectivity index (χ1) is 6.34. The Balaban J connectivity index is 2.47. The van der Waals surface area contributed by atoms with E-state index in [4.69, 9.17) is 0 Å². The third kappa shape index (κ3) is 3.22. The molecule has 0 spiro atoms. The summed E-state index contributed by atoms with van der Waals surface area (Å²) in [6, 6.07) is 0.203. The average molecular weight is 175 g/mol. The van der Waals surface area contributed by atoms with Gasteiger partial charge in [0.1, 0.15) is 0 Å². The summed E-state index contributed by atoms with van der Waals surface area (Å²) in [5.41, 5.74) is 0.945. The highest BCUT2D eigenvalue weighted by Crippen LogP contribution is 2.04. The summed E-state index contributed by atoms with van der Waals surface area (Å²) in [5, 5.41) is 3.22. The van der Waals surface area contributed by atoms with Crippen LogP contribution in [0.2, 0.25) is 0 Å². The van der Waals surface area contributed by atoms with E-state index in [1.54, 1.807) is 18.6 Å². The summed E-state index contributed by atoms with van der Waals surface area (Å²) in [4.78, 5) is 8.18. The van der Waals surface area contributed by atoms with Crippen LogP contribution in [-0.4, -0.2) is 16.5 Å². The van der Waals surface area contributed by atoms with Gasteiger partial charge in [-0.1, -0.05) is 5.92 Å². The van der Waals surface area contributed by atoms with Gasteiger partial charge in [0.15, 0.2) is 0 Å². The van der Waals surface area contributed by atoms with Gasteiger partial charge in [0.25, 0.3) is 0 Å². The Labute approximate surface area is 78.6 Å². The van der Waals surface area contributed by atoms with Crippen LogP contribution in [0.25, 0.3) is 0 Å². The predicted octanol–water partition coefficient (Wildman–Crippen LogP) is 1.15. The molecule has 0 aliphatic rings. The van der Waals surface area contributed by atoms with Crippen molar-refractivity contribution in [2.24, 2.45) is 0 Å². The molecule has 68 valence electrons. The molecule has 1 unspecified atom stereocenters. The van der Waals surface area contributed by atoms with Crippen molar-refractivity contribution in [3.8, 4) is 11.8 Å². The van der Waals surface area contributed by atoms with Crippen molar-refractivity contribution in [2.45, 2.75) is 19.9 Å². The first-order valence-corrected chi connectivity index (χ1v) is 4.23. The van der Waals surface area contributed by atoms with Crippen molar-refractivity contribution in [2.75, 3.05) is 6.54 Å². The third-order valence-electron chi connectivity index (χ3n) is 1.70. The Morgan fingerprint density at radius 2 is 2.38 bits per heavy atom. The lowest BCUT2D eigenvalue weighted by atomic mass is 10.2. The van der Waals surface area contributed by atoms with Gasteiger partial charge in [-0.25, -0.2) is 0 Å². The van der Waals surface area contributed by atoms with Crippen molar-refractivity contribution in [1.82, 2.24) is 15.3 Å². The molecule has 0 radical (unpaired) electrons. The fraction of sp³-hybridized carbons (Fsp3) is 0.400. The maximum atomic E-state index is 4.18. The van der Waals surface area contributed by atoms with Crippen LogP contribution in [-0.2, 0) is 0 Å². The van der Waals surface area contributed by atoms with Crippen molar-refractivity contribution >= 4 is 0 Å². The lowest BCUT2D eigenvalue weighted by Gasteiger charge is -2.09. The fourth-order valence-corrected chi connectivity index (χ4v) is 0.931. The highest BCUT2D eigenvalue weighted by molar-refractivity contribution is 5.03. The van der Waals surface area contributed by atoms with E-state index in [1.807, 2.05) is 13.8 Å². The second-order valence-corrected chi connectivity index (χ2v) is 2.66. The summed E-state index contributed by atoms with van der Waals surface area (Å²) in [5.74, 6) is 5.77. The largest absolute Gasteiger partial charge is 0.298 e. The maximum Gasteiger partial charge on any atom is 0.0753 e. The van der Waals surface area contributed by atoms with Crippen LogP contribution in [0.4, 0.5) is 0 Å². The van der Waals surface area contributed by atoms with Crippen LogP contribution in [0.15, 0.2) is 18.6 Å². The molecule has 1 rings (SSSR count). The Morgan fingerprint density at radius 3 is 3.00 bits per heavy atom. The highest BCUT2D eigenvalue weighted by atomic mass is 14.9. The number of aromatic nitrogens is 2. The van der Waals surface area contributed by atoms with Gasteiger partial charge in [-0.2, -0.15) is 0 Å². The number of rotatable bonds is 3. The third-order valence-corrected chi connectivity index (χ3v) is 1.70. The van der Waals surface area contributed by atoms with E-state index in [0.717, 1.165) is 5.69 Å². The molecule has 0 bridgehead atoms. The van der Waals surface area contributed by atoms with Gasteiger partial charge in [0, 0.05) is 24.6 Å². The van der Waals surface area contributed by atoms with Gasteiger partial charge in [-0.15, -0.1) is 5.92 Å². The van der Waals surface area contributed by atoms with Crippen LogP contribution in [0.3, 0.4) is 0 Å². The molecule has 0 saturated heterocycles. The number of hydrogen-bond acceptors (Lipinski definition) is 3. The van der Waals surface area contributed by atoms with Crippen LogP contribution >= 0.6 is 0 Å². The van der Waals surface area contributed by atoms with Gasteiger partial charge in [0.2, 0.25) is 0 Å². The van der Waals surface area contributed by atoms with Gasteiger partial charge in [-0.05, 0) is 13.8 Å². The van der Waals surface area contributed by atoms with Crippen molar-refractivity contribution in [3.05, 3.63) is 24.3 Å². The molecule has 0 aromatic carbocycles. The number of nitrogens with one attached hydrogen (secondary N) is 1. The average Bonchev–Trinajstić information content (AvgIpc) is 2.19. The van der Waals surface area contributed by atoms with E-state index in [1.165, 1.54) is 0 Å². The second-order valence-electron chi connectivity index (χ2n) is 2.66. The zero-order valence-corrected chi connectivity index (χ0v) is 7.91. The summed E-state index contributed by atoms with van der Waals surface area (Å²) in [7, 11) is 0. The SMILES string of the molecule is CC#CCNC(C)c1cnccn1. The molecule has 1 aromatic heterocycles. The number of nitrogens with zero attached hydrogens (tertiary/aromatic N) is 2. The monoisotopic (exact) mass is 175 g/mol.